The van der Waals surface area contributed by atoms with Gasteiger partial charge in [-0.2, -0.15) is 0 Å². The third kappa shape index (κ3) is 1.25. The van der Waals surface area contributed by atoms with Crippen molar-refractivity contribution >= 4 is 12.1 Å². The van der Waals surface area contributed by atoms with E-state index in [1.165, 1.54) is 0 Å². The van der Waals surface area contributed by atoms with E-state index in [2.05, 4.69) is 0 Å². The highest BCUT2D eigenvalue weighted by Crippen LogP contribution is 2.35. The fourth-order valence-corrected chi connectivity index (χ4v) is 0.930. The third-order valence-electron chi connectivity index (χ3n) is 1.88. The number of carbonyl (C=O) groups is 2. The van der Waals surface area contributed by atoms with Gasteiger partial charge in [0.25, 0.3) is 0 Å². The van der Waals surface area contributed by atoms with Crippen molar-refractivity contribution in [1.29, 1.82) is 0 Å². The first kappa shape index (κ1) is 7.45. The molecule has 1 aliphatic rings. The van der Waals surface area contributed by atoms with Crippen LogP contribution in [-0.2, 0) is 9.59 Å². The summed E-state index contributed by atoms with van der Waals surface area (Å²) in [6, 6.07) is 0. The van der Waals surface area contributed by atoms with Crippen LogP contribution in [0.25, 0.3) is 0 Å². The molecule has 0 unspecified atom stereocenters. The molecule has 0 saturated heterocycles. The summed E-state index contributed by atoms with van der Waals surface area (Å²) in [7, 11) is 0. The second-order valence-corrected chi connectivity index (χ2v) is 3.48. The van der Waals surface area contributed by atoms with Crippen molar-refractivity contribution in [3.05, 3.63) is 0 Å². The third-order valence-corrected chi connectivity index (χ3v) is 1.88. The van der Waals surface area contributed by atoms with E-state index in [1.807, 2.05) is 0 Å². The van der Waals surface area contributed by atoms with Crippen LogP contribution in [0.1, 0.15) is 26.7 Å². The quantitative estimate of drug-likeness (QED) is 0.436. The number of Topliss-reactive ketones (excluding diaryl/α,β-unsaturated/α-hetero) is 1. The molecule has 0 atom stereocenters. The van der Waals surface area contributed by atoms with Crippen LogP contribution in [0.4, 0.5) is 0 Å². The highest BCUT2D eigenvalue weighted by molar-refractivity contribution is 5.99. The van der Waals surface area contributed by atoms with Crippen molar-refractivity contribution in [3.63, 3.8) is 0 Å². The molecule has 1 fully saturated rings. The average molecular weight is 140 g/mol. The molecule has 56 valence electrons. The smallest absolute Gasteiger partial charge is 0.148 e. The highest BCUT2D eigenvalue weighted by atomic mass is 16.1. The highest BCUT2D eigenvalue weighted by Gasteiger charge is 2.39. The van der Waals surface area contributed by atoms with E-state index >= 15 is 0 Å². The molecule has 0 radical (unpaired) electrons. The zero-order valence-corrected chi connectivity index (χ0v) is 6.39. The van der Waals surface area contributed by atoms with Crippen molar-refractivity contribution in [2.75, 3.05) is 0 Å². The van der Waals surface area contributed by atoms with Gasteiger partial charge in [0.15, 0.2) is 0 Å². The summed E-state index contributed by atoms with van der Waals surface area (Å²) in [5, 5.41) is 0. The summed E-state index contributed by atoms with van der Waals surface area (Å²) in [5.41, 5.74) is -0.735. The second kappa shape index (κ2) is 2.19. The molecule has 1 rings (SSSR count). The first-order valence-electron chi connectivity index (χ1n) is 3.58. The summed E-state index contributed by atoms with van der Waals surface area (Å²) in [4.78, 5) is 21.6. The van der Waals surface area contributed by atoms with Crippen LogP contribution in [0.2, 0.25) is 0 Å². The number of ketones is 1. The lowest BCUT2D eigenvalue weighted by Gasteiger charge is -2.13. The molecular weight excluding hydrogens is 128 g/mol. The maximum Gasteiger partial charge on any atom is 0.148 e. The summed E-state index contributed by atoms with van der Waals surface area (Å²) in [5.74, 6) is 0.308. The van der Waals surface area contributed by atoms with Gasteiger partial charge in [0.1, 0.15) is 12.1 Å². The van der Waals surface area contributed by atoms with Crippen molar-refractivity contribution in [2.45, 2.75) is 26.7 Å². The van der Waals surface area contributed by atoms with Gasteiger partial charge in [0.05, 0.1) is 5.41 Å². The molecule has 1 aliphatic carbocycles. The summed E-state index contributed by atoms with van der Waals surface area (Å²) in [6.07, 6.45) is 2.71. The van der Waals surface area contributed by atoms with Gasteiger partial charge >= 0.3 is 0 Å². The lowest BCUT2D eigenvalue weighted by Crippen LogP contribution is -2.26. The second-order valence-electron chi connectivity index (χ2n) is 3.48. The molecule has 0 amide bonds. The zero-order chi connectivity index (χ0) is 7.78. The maximum absolute atomic E-state index is 11.2. The van der Waals surface area contributed by atoms with Crippen molar-refractivity contribution in [2.24, 2.45) is 11.3 Å². The molecule has 1 saturated carbocycles. The van der Waals surface area contributed by atoms with E-state index in [4.69, 9.17) is 0 Å². The largest absolute Gasteiger partial charge is 0.302 e. The first-order chi connectivity index (χ1) is 4.58. The summed E-state index contributed by atoms with van der Waals surface area (Å²) < 4.78 is 0. The van der Waals surface area contributed by atoms with Gasteiger partial charge in [-0.3, -0.25) is 4.79 Å². The Bertz CT molecular complexity index is 166. The van der Waals surface area contributed by atoms with Gasteiger partial charge < -0.3 is 4.79 Å². The molecule has 0 N–H and O–H groups in total. The Labute approximate surface area is 60.6 Å². The van der Waals surface area contributed by atoms with Gasteiger partial charge in [0, 0.05) is 5.92 Å². The number of carbonyl (C=O) groups excluding carboxylic acids is 2. The molecule has 0 aromatic carbocycles. The van der Waals surface area contributed by atoms with Crippen LogP contribution in [0.5, 0.6) is 0 Å². The van der Waals surface area contributed by atoms with Gasteiger partial charge in [-0.05, 0) is 26.7 Å². The molecule has 0 bridgehead atoms. The Morgan fingerprint density at radius 3 is 2.30 bits per heavy atom. The van der Waals surface area contributed by atoms with E-state index in [9.17, 15) is 9.59 Å². The van der Waals surface area contributed by atoms with Crippen LogP contribution < -0.4 is 0 Å². The van der Waals surface area contributed by atoms with Gasteiger partial charge in [0.2, 0.25) is 0 Å². The predicted molar refractivity (Wildman–Crippen MR) is 37.6 cm³/mol. The minimum atomic E-state index is -0.735. The van der Waals surface area contributed by atoms with E-state index in [0.717, 1.165) is 19.1 Å². The molecule has 2 nitrogen and oxygen atoms in total. The standard InChI is InChI=1S/C8H12O2/c1-8(2,5-9)7(10)6-3-4-6/h5-6H,3-4H2,1-2H3. The monoisotopic (exact) mass is 140 g/mol. The van der Waals surface area contributed by atoms with Crippen LogP contribution in [0, 0.1) is 11.3 Å². The molecule has 0 aromatic rings. The van der Waals surface area contributed by atoms with Crippen LogP contribution in [0.15, 0.2) is 0 Å². The van der Waals surface area contributed by atoms with Crippen LogP contribution in [-0.4, -0.2) is 12.1 Å². The molecule has 0 spiro atoms. The van der Waals surface area contributed by atoms with E-state index in [1.54, 1.807) is 13.8 Å². The molecule has 2 heteroatoms. The molecular formula is C8H12O2. The Morgan fingerprint density at radius 1 is 1.50 bits per heavy atom. The normalized spacial score (nSPS) is 18.6. The van der Waals surface area contributed by atoms with Crippen molar-refractivity contribution in [3.8, 4) is 0 Å². The minimum Gasteiger partial charge on any atom is -0.302 e. The molecule has 0 heterocycles. The first-order valence-corrected chi connectivity index (χ1v) is 3.58. The minimum absolute atomic E-state index is 0.113. The van der Waals surface area contributed by atoms with Gasteiger partial charge in [-0.15, -0.1) is 0 Å². The topological polar surface area (TPSA) is 34.1 Å². The fraction of sp³-hybridized carbons (Fsp3) is 0.750. The maximum atomic E-state index is 11.2. The SMILES string of the molecule is CC(C)(C=O)C(=O)C1CC1. The molecule has 0 aliphatic heterocycles. The fourth-order valence-electron chi connectivity index (χ4n) is 0.930. The Morgan fingerprint density at radius 2 is 2.00 bits per heavy atom. The van der Waals surface area contributed by atoms with E-state index in [-0.39, 0.29) is 11.7 Å². The number of hydrogen-bond acceptors (Lipinski definition) is 2. The zero-order valence-electron chi connectivity index (χ0n) is 6.39. The van der Waals surface area contributed by atoms with Crippen LogP contribution >= 0.6 is 0 Å². The average Bonchev–Trinajstić information content (AvgIpc) is 2.68. The Hall–Kier alpha value is -0.660. The van der Waals surface area contributed by atoms with Crippen LogP contribution in [0.3, 0.4) is 0 Å². The van der Waals surface area contributed by atoms with E-state index < -0.39 is 5.41 Å². The lowest BCUT2D eigenvalue weighted by molar-refractivity contribution is -0.133. The Balaban J connectivity index is 2.61. The van der Waals surface area contributed by atoms with E-state index in [0.29, 0.717) is 0 Å². The number of rotatable bonds is 3. The predicted octanol–water partition coefficient (Wildman–Crippen LogP) is 1.19. The lowest BCUT2D eigenvalue weighted by atomic mass is 9.87. The van der Waals surface area contributed by atoms with Gasteiger partial charge in [-0.1, -0.05) is 0 Å². The molecule has 0 aromatic heterocycles. The van der Waals surface area contributed by atoms with Crippen molar-refractivity contribution in [1.82, 2.24) is 0 Å². The molecule has 10 heavy (non-hydrogen) atoms. The van der Waals surface area contributed by atoms with Crippen molar-refractivity contribution < 1.29 is 9.59 Å². The number of aldehydes is 1. The summed E-state index contributed by atoms with van der Waals surface area (Å²) >= 11 is 0. The Kier molecular flexibility index (Phi) is 1.63. The van der Waals surface area contributed by atoms with Gasteiger partial charge in [-0.25, -0.2) is 0 Å². The summed E-state index contributed by atoms with van der Waals surface area (Å²) in [6.45, 7) is 3.36. The number of hydrogen-bond donors (Lipinski definition) is 0.